The van der Waals surface area contributed by atoms with Crippen molar-refractivity contribution in [2.45, 2.75) is 19.3 Å². The van der Waals surface area contributed by atoms with Crippen LogP contribution in [0.15, 0.2) is 47.0 Å². The minimum Gasteiger partial charge on any atom is -0.496 e. The average molecular weight is 402 g/mol. The Hall–Kier alpha value is -3.06. The van der Waals surface area contributed by atoms with E-state index in [2.05, 4.69) is 15.5 Å². The number of methoxy groups -OCH3 is 2. The predicted molar refractivity (Wildman–Crippen MR) is 106 cm³/mol. The second kappa shape index (κ2) is 9.23. The van der Waals surface area contributed by atoms with Crippen LogP contribution in [0.1, 0.15) is 18.7 Å². The second-order valence-electron chi connectivity index (χ2n) is 5.96. The molecule has 146 valence electrons. The smallest absolute Gasteiger partial charge is 0.226 e. The molecule has 3 aromatic rings. The maximum absolute atomic E-state index is 12.2. The molecule has 1 N–H and O–H groups in total. The van der Waals surface area contributed by atoms with Crippen molar-refractivity contribution in [1.82, 2.24) is 10.1 Å². The Morgan fingerprint density at radius 2 is 1.93 bits per heavy atom. The molecule has 8 heteroatoms. The van der Waals surface area contributed by atoms with Crippen LogP contribution in [0.3, 0.4) is 0 Å². The number of ether oxygens (including phenoxy) is 2. The Morgan fingerprint density at radius 3 is 2.71 bits per heavy atom. The number of rotatable bonds is 8. The number of benzene rings is 2. The summed E-state index contributed by atoms with van der Waals surface area (Å²) in [6.07, 6.45) is 1.34. The van der Waals surface area contributed by atoms with Crippen molar-refractivity contribution in [3.05, 3.63) is 53.4 Å². The summed E-state index contributed by atoms with van der Waals surface area (Å²) in [4.78, 5) is 16.6. The van der Waals surface area contributed by atoms with Gasteiger partial charge >= 0.3 is 0 Å². The van der Waals surface area contributed by atoms with Gasteiger partial charge in [0, 0.05) is 17.9 Å². The number of anilines is 1. The first-order valence-electron chi connectivity index (χ1n) is 8.70. The highest BCUT2D eigenvalue weighted by Gasteiger charge is 2.14. The molecule has 0 atom stereocenters. The average Bonchev–Trinajstić information content (AvgIpc) is 3.17. The zero-order valence-electron chi connectivity index (χ0n) is 15.6. The molecule has 0 saturated heterocycles. The summed E-state index contributed by atoms with van der Waals surface area (Å²) in [6, 6.07) is 12.5. The minimum atomic E-state index is -0.148. The minimum absolute atomic E-state index is 0.148. The molecule has 0 spiro atoms. The molecule has 0 aliphatic rings. The monoisotopic (exact) mass is 401 g/mol. The van der Waals surface area contributed by atoms with E-state index in [0.717, 1.165) is 5.56 Å². The summed E-state index contributed by atoms with van der Waals surface area (Å²) in [5.74, 6) is 2.00. The fourth-order valence-corrected chi connectivity index (χ4v) is 2.86. The molecular formula is C20H20ClN3O4. The van der Waals surface area contributed by atoms with Gasteiger partial charge in [-0.15, -0.1) is 0 Å². The molecule has 0 fully saturated rings. The standard InChI is InChI=1S/C20H20ClN3O4/c1-26-16-7-4-3-6-14(16)20-23-19(28-24-20)9-5-8-18(25)22-15-12-13(21)10-11-17(15)27-2/h3-4,6-7,10-12H,5,8-9H2,1-2H3,(H,22,25). The van der Waals surface area contributed by atoms with Gasteiger partial charge in [0.1, 0.15) is 11.5 Å². The zero-order valence-corrected chi connectivity index (χ0v) is 16.3. The molecule has 1 heterocycles. The van der Waals surface area contributed by atoms with Crippen molar-refractivity contribution in [1.29, 1.82) is 0 Å². The number of para-hydroxylation sites is 1. The summed E-state index contributed by atoms with van der Waals surface area (Å²) < 4.78 is 15.8. The lowest BCUT2D eigenvalue weighted by Gasteiger charge is -2.10. The lowest BCUT2D eigenvalue weighted by atomic mass is 10.2. The number of aromatic nitrogens is 2. The number of carbonyl (C=O) groups excluding carboxylic acids is 1. The van der Waals surface area contributed by atoms with Gasteiger partial charge in [0.15, 0.2) is 0 Å². The molecule has 28 heavy (non-hydrogen) atoms. The molecular weight excluding hydrogens is 382 g/mol. The SMILES string of the molecule is COc1ccc(Cl)cc1NC(=O)CCCc1nc(-c2ccccc2OC)no1. The van der Waals surface area contributed by atoms with Gasteiger partial charge in [0.05, 0.1) is 25.5 Å². The van der Waals surface area contributed by atoms with Crippen LogP contribution in [-0.2, 0) is 11.2 Å². The molecule has 0 radical (unpaired) electrons. The first-order valence-corrected chi connectivity index (χ1v) is 9.08. The number of nitrogens with zero attached hydrogens (tertiary/aromatic N) is 2. The maximum Gasteiger partial charge on any atom is 0.226 e. The van der Waals surface area contributed by atoms with Gasteiger partial charge in [0.2, 0.25) is 17.6 Å². The summed E-state index contributed by atoms with van der Waals surface area (Å²) >= 11 is 5.97. The molecule has 2 aromatic carbocycles. The van der Waals surface area contributed by atoms with Crippen molar-refractivity contribution in [2.75, 3.05) is 19.5 Å². The van der Waals surface area contributed by atoms with Crippen molar-refractivity contribution < 1.29 is 18.8 Å². The third-order valence-electron chi connectivity index (χ3n) is 4.05. The van der Waals surface area contributed by atoms with E-state index >= 15 is 0 Å². The van der Waals surface area contributed by atoms with E-state index in [4.69, 9.17) is 25.6 Å². The Morgan fingerprint density at radius 1 is 1.14 bits per heavy atom. The third kappa shape index (κ3) is 4.80. The lowest BCUT2D eigenvalue weighted by molar-refractivity contribution is -0.116. The molecule has 1 aromatic heterocycles. The van der Waals surface area contributed by atoms with E-state index in [0.29, 0.717) is 53.2 Å². The highest BCUT2D eigenvalue weighted by Crippen LogP contribution is 2.28. The number of nitrogens with one attached hydrogen (secondary N) is 1. The van der Waals surface area contributed by atoms with Crippen LogP contribution < -0.4 is 14.8 Å². The number of hydrogen-bond donors (Lipinski definition) is 1. The fraction of sp³-hybridized carbons (Fsp3) is 0.250. The molecule has 0 aliphatic carbocycles. The van der Waals surface area contributed by atoms with Crippen LogP contribution in [0.2, 0.25) is 5.02 Å². The van der Waals surface area contributed by atoms with Crippen molar-refractivity contribution in [3.63, 3.8) is 0 Å². The topological polar surface area (TPSA) is 86.5 Å². The lowest BCUT2D eigenvalue weighted by Crippen LogP contribution is -2.12. The van der Waals surface area contributed by atoms with Gasteiger partial charge in [-0.05, 0) is 36.8 Å². The highest BCUT2D eigenvalue weighted by atomic mass is 35.5. The summed E-state index contributed by atoms with van der Waals surface area (Å²) in [5.41, 5.74) is 1.29. The number of halogens is 1. The number of hydrogen-bond acceptors (Lipinski definition) is 6. The van der Waals surface area contributed by atoms with E-state index < -0.39 is 0 Å². The van der Waals surface area contributed by atoms with Crippen LogP contribution in [0, 0.1) is 0 Å². The number of aryl methyl sites for hydroxylation is 1. The molecule has 0 bridgehead atoms. The normalized spacial score (nSPS) is 10.5. The van der Waals surface area contributed by atoms with E-state index in [1.54, 1.807) is 25.3 Å². The molecule has 0 unspecified atom stereocenters. The van der Waals surface area contributed by atoms with E-state index in [9.17, 15) is 4.79 Å². The molecule has 7 nitrogen and oxygen atoms in total. The Balaban J connectivity index is 1.55. The van der Waals surface area contributed by atoms with Gasteiger partial charge in [-0.1, -0.05) is 28.9 Å². The fourth-order valence-electron chi connectivity index (χ4n) is 2.69. The first kappa shape index (κ1) is 19.7. The quantitative estimate of drug-likeness (QED) is 0.603. The van der Waals surface area contributed by atoms with Crippen LogP contribution in [0.5, 0.6) is 11.5 Å². The van der Waals surface area contributed by atoms with Crippen LogP contribution >= 0.6 is 11.6 Å². The highest BCUT2D eigenvalue weighted by molar-refractivity contribution is 6.31. The van der Waals surface area contributed by atoms with Gasteiger partial charge in [-0.3, -0.25) is 4.79 Å². The van der Waals surface area contributed by atoms with E-state index in [1.165, 1.54) is 7.11 Å². The Bertz CT molecular complexity index is 958. The molecule has 0 saturated carbocycles. The van der Waals surface area contributed by atoms with Crippen LogP contribution in [0.4, 0.5) is 5.69 Å². The molecule has 0 aliphatic heterocycles. The van der Waals surface area contributed by atoms with E-state index in [-0.39, 0.29) is 5.91 Å². The van der Waals surface area contributed by atoms with Gasteiger partial charge in [0.25, 0.3) is 0 Å². The molecule has 1 amide bonds. The zero-order chi connectivity index (χ0) is 19.9. The summed E-state index contributed by atoms with van der Waals surface area (Å²) in [7, 11) is 3.13. The van der Waals surface area contributed by atoms with Crippen LogP contribution in [-0.4, -0.2) is 30.3 Å². The van der Waals surface area contributed by atoms with Crippen molar-refractivity contribution in [3.8, 4) is 22.9 Å². The first-order chi connectivity index (χ1) is 13.6. The number of carbonyl (C=O) groups is 1. The largest absolute Gasteiger partial charge is 0.496 e. The molecule has 3 rings (SSSR count). The second-order valence-corrected chi connectivity index (χ2v) is 6.39. The summed E-state index contributed by atoms with van der Waals surface area (Å²) in [6.45, 7) is 0. The van der Waals surface area contributed by atoms with Crippen molar-refractivity contribution in [2.24, 2.45) is 0 Å². The van der Waals surface area contributed by atoms with Gasteiger partial charge in [-0.25, -0.2) is 0 Å². The van der Waals surface area contributed by atoms with Crippen molar-refractivity contribution >= 4 is 23.2 Å². The Kier molecular flexibility index (Phi) is 6.49. The number of amides is 1. The Labute approximate surface area is 167 Å². The maximum atomic E-state index is 12.2. The summed E-state index contributed by atoms with van der Waals surface area (Å²) in [5, 5.41) is 7.32. The third-order valence-corrected chi connectivity index (χ3v) is 4.28. The van der Waals surface area contributed by atoms with Gasteiger partial charge < -0.3 is 19.3 Å². The van der Waals surface area contributed by atoms with Crippen LogP contribution in [0.25, 0.3) is 11.4 Å². The van der Waals surface area contributed by atoms with E-state index in [1.807, 2.05) is 24.3 Å². The van der Waals surface area contributed by atoms with Gasteiger partial charge in [-0.2, -0.15) is 4.98 Å². The predicted octanol–water partition coefficient (Wildman–Crippen LogP) is 4.37.